The predicted octanol–water partition coefficient (Wildman–Crippen LogP) is 5.94. The van der Waals surface area contributed by atoms with Gasteiger partial charge in [0.05, 0.1) is 20.3 Å². The predicted molar refractivity (Wildman–Crippen MR) is 164 cm³/mol. The van der Waals surface area contributed by atoms with Crippen LogP contribution in [0.5, 0.6) is 17.4 Å². The van der Waals surface area contributed by atoms with E-state index in [2.05, 4.69) is 36.0 Å². The maximum absolute atomic E-state index is 8.36. The third kappa shape index (κ3) is 16.1. The number of carbonyl (C=O) groups is 1. The second-order valence-electron chi connectivity index (χ2n) is 8.72. The number of hydrogen-bond acceptors (Lipinski definition) is 8. The van der Waals surface area contributed by atoms with Crippen molar-refractivity contribution in [3.63, 3.8) is 0 Å². The monoisotopic (exact) mass is 560 g/mol. The zero-order valence-corrected chi connectivity index (χ0v) is 25.4. The fourth-order valence-electron chi connectivity index (χ4n) is 3.53. The number of benzene rings is 1. The molecular weight excluding hydrogens is 508 g/mol. The minimum atomic E-state index is -0.250. The first kappa shape index (κ1) is 36.9. The third-order valence-corrected chi connectivity index (χ3v) is 5.43. The Balaban J connectivity index is 0.00000171. The van der Waals surface area contributed by atoms with Crippen molar-refractivity contribution in [3.8, 4) is 17.4 Å². The Bertz CT molecular complexity index is 916. The molecule has 1 aliphatic rings. The molecule has 2 aromatic rings. The number of aromatic nitrogens is 1. The first-order valence-corrected chi connectivity index (χ1v) is 14.4. The van der Waals surface area contributed by atoms with Gasteiger partial charge >= 0.3 is 0 Å². The Morgan fingerprint density at radius 1 is 1.15 bits per heavy atom. The van der Waals surface area contributed by atoms with Gasteiger partial charge in [-0.25, -0.2) is 4.98 Å². The summed E-state index contributed by atoms with van der Waals surface area (Å²) in [5.41, 5.74) is 8.88. The summed E-state index contributed by atoms with van der Waals surface area (Å²) >= 11 is 0. The lowest BCUT2D eigenvalue weighted by molar-refractivity contribution is -0.122. The zero-order chi connectivity index (χ0) is 30.0. The van der Waals surface area contributed by atoms with Crippen molar-refractivity contribution in [2.45, 2.75) is 66.8 Å². The first-order chi connectivity index (χ1) is 19.5. The average Bonchev–Trinajstić information content (AvgIpc) is 2.99. The van der Waals surface area contributed by atoms with Crippen LogP contribution in [0.25, 0.3) is 5.70 Å². The summed E-state index contributed by atoms with van der Waals surface area (Å²) in [6.45, 7) is 16.8. The summed E-state index contributed by atoms with van der Waals surface area (Å²) in [7, 11) is 1.65. The van der Waals surface area contributed by atoms with Crippen LogP contribution in [0.1, 0.15) is 71.4 Å². The average molecular weight is 561 g/mol. The summed E-state index contributed by atoms with van der Waals surface area (Å²) < 4.78 is 16.9. The van der Waals surface area contributed by atoms with Crippen molar-refractivity contribution in [3.05, 3.63) is 53.7 Å². The molecule has 226 valence electrons. The summed E-state index contributed by atoms with van der Waals surface area (Å²) in [6, 6.07) is 9.72. The number of nitrogens with zero attached hydrogens (tertiary/aromatic N) is 2. The lowest BCUT2D eigenvalue weighted by atomic mass is 10.2. The highest BCUT2D eigenvalue weighted by atomic mass is 16.5. The summed E-state index contributed by atoms with van der Waals surface area (Å²) in [5, 5.41) is 10.4. The van der Waals surface area contributed by atoms with Gasteiger partial charge in [-0.3, -0.25) is 9.69 Å². The Morgan fingerprint density at radius 2 is 1.82 bits per heavy atom. The van der Waals surface area contributed by atoms with Gasteiger partial charge < -0.3 is 30.4 Å². The molecule has 1 fully saturated rings. The molecule has 1 aromatic heterocycles. The molecule has 0 radical (unpaired) electrons. The number of methoxy groups -OCH3 is 1. The fraction of sp³-hybridized carbons (Fsp3) is 0.548. The molecule has 0 spiro atoms. The Morgan fingerprint density at radius 3 is 2.40 bits per heavy atom. The molecule has 1 saturated heterocycles. The number of rotatable bonds is 12. The molecule has 0 amide bonds. The van der Waals surface area contributed by atoms with Gasteiger partial charge in [-0.05, 0) is 49.7 Å². The second kappa shape index (κ2) is 24.9. The smallest absolute Gasteiger partial charge is 0.290 e. The van der Waals surface area contributed by atoms with Gasteiger partial charge in [0, 0.05) is 43.2 Å². The molecule has 2 heterocycles. The van der Waals surface area contributed by atoms with E-state index in [1.807, 2.05) is 50.3 Å². The van der Waals surface area contributed by atoms with E-state index in [0.29, 0.717) is 17.4 Å². The van der Waals surface area contributed by atoms with Crippen LogP contribution in [-0.2, 0) is 16.1 Å². The molecule has 0 atom stereocenters. The lowest BCUT2D eigenvalue weighted by Crippen LogP contribution is -2.37. The second-order valence-corrected chi connectivity index (χ2v) is 8.72. The highest BCUT2D eigenvalue weighted by Crippen LogP contribution is 2.31. The molecule has 0 saturated carbocycles. The summed E-state index contributed by atoms with van der Waals surface area (Å²) in [6.07, 6.45) is 8.15. The number of nitrogens with two attached hydrogens (primary N) is 1. The fourth-order valence-corrected chi connectivity index (χ4v) is 3.53. The van der Waals surface area contributed by atoms with Crippen molar-refractivity contribution < 1.29 is 24.1 Å². The van der Waals surface area contributed by atoms with Gasteiger partial charge in [0.2, 0.25) is 5.88 Å². The zero-order valence-electron chi connectivity index (χ0n) is 25.4. The van der Waals surface area contributed by atoms with Crippen LogP contribution in [0.4, 0.5) is 0 Å². The van der Waals surface area contributed by atoms with Gasteiger partial charge in [0.1, 0.15) is 0 Å². The normalized spacial score (nSPS) is 12.9. The summed E-state index contributed by atoms with van der Waals surface area (Å²) in [5.74, 6) is 1.83. The van der Waals surface area contributed by atoms with Crippen molar-refractivity contribution in [1.29, 1.82) is 0 Å². The van der Waals surface area contributed by atoms with E-state index < -0.39 is 0 Å². The molecule has 0 aliphatic carbocycles. The largest absolute Gasteiger partial charge is 0.493 e. The molecule has 9 nitrogen and oxygen atoms in total. The molecule has 1 aromatic carbocycles. The van der Waals surface area contributed by atoms with Crippen LogP contribution in [0.3, 0.4) is 0 Å². The Kier molecular flexibility index (Phi) is 22.9. The van der Waals surface area contributed by atoms with E-state index in [1.54, 1.807) is 13.3 Å². The number of nitrogens with one attached hydrogen (secondary N) is 1. The maximum atomic E-state index is 8.36. The molecule has 0 unspecified atom stereocenters. The highest BCUT2D eigenvalue weighted by Gasteiger charge is 2.10. The minimum Gasteiger partial charge on any atom is -0.493 e. The van der Waals surface area contributed by atoms with Crippen molar-refractivity contribution in [2.75, 3.05) is 46.5 Å². The van der Waals surface area contributed by atoms with Crippen molar-refractivity contribution in [2.24, 2.45) is 5.73 Å². The number of ether oxygens (including phenoxy) is 3. The first-order valence-electron chi connectivity index (χ1n) is 14.4. The molecule has 1 aliphatic heterocycles. The lowest BCUT2D eigenvalue weighted by Gasteiger charge is -2.26. The van der Waals surface area contributed by atoms with Crippen LogP contribution in [0.2, 0.25) is 0 Å². The Hall–Kier alpha value is -3.14. The number of morpholine rings is 1. The molecular formula is C31H52N4O5. The third-order valence-electron chi connectivity index (χ3n) is 5.43. The Labute approximate surface area is 241 Å². The van der Waals surface area contributed by atoms with Crippen molar-refractivity contribution in [1.82, 2.24) is 15.2 Å². The molecule has 4 N–H and O–H groups in total. The van der Waals surface area contributed by atoms with Gasteiger partial charge in [-0.1, -0.05) is 59.6 Å². The SMILES string of the molecule is CC.CCC.CCCC=C(N)c1ccc(Oc2ccc(CNCCCN3CCOCC3)cc2OC)nc1.O=CO. The number of hydrogen-bond donors (Lipinski definition) is 3. The summed E-state index contributed by atoms with van der Waals surface area (Å²) in [4.78, 5) is 15.2. The van der Waals surface area contributed by atoms with E-state index in [9.17, 15) is 0 Å². The van der Waals surface area contributed by atoms with E-state index >= 15 is 0 Å². The quantitative estimate of drug-likeness (QED) is 0.214. The van der Waals surface area contributed by atoms with Gasteiger partial charge in [-0.15, -0.1) is 0 Å². The van der Waals surface area contributed by atoms with Gasteiger partial charge in [-0.2, -0.15) is 0 Å². The van der Waals surface area contributed by atoms with Crippen LogP contribution < -0.4 is 20.5 Å². The topological polar surface area (TPSA) is 119 Å². The van der Waals surface area contributed by atoms with E-state index in [0.717, 1.165) is 82.0 Å². The van der Waals surface area contributed by atoms with Crippen LogP contribution in [0, 0.1) is 0 Å². The number of unbranched alkanes of at least 4 members (excludes halogenated alkanes) is 1. The maximum Gasteiger partial charge on any atom is 0.290 e. The van der Waals surface area contributed by atoms with Crippen LogP contribution in [0.15, 0.2) is 42.6 Å². The molecule has 40 heavy (non-hydrogen) atoms. The van der Waals surface area contributed by atoms with E-state index in [-0.39, 0.29) is 6.47 Å². The van der Waals surface area contributed by atoms with Gasteiger partial charge in [0.25, 0.3) is 6.47 Å². The van der Waals surface area contributed by atoms with Crippen LogP contribution >= 0.6 is 0 Å². The van der Waals surface area contributed by atoms with E-state index in [1.165, 1.54) is 6.42 Å². The standard InChI is InChI=1S/C25H36N4O3.C3H8.C2H6.CH2O2/c1-3-4-6-22(26)21-8-10-25(28-19-21)32-23-9-7-20(17-24(23)30-2)18-27-11-5-12-29-13-15-31-16-14-29;1-3-2;1-2;2-1-3/h6-10,17,19,27H,3-5,11-16,18,26H2,1-2H3;3H2,1-2H3;1-2H3;1H,(H,2,3). The molecule has 3 rings (SSSR count). The minimum absolute atomic E-state index is 0.250. The van der Waals surface area contributed by atoms with Crippen LogP contribution in [-0.4, -0.2) is 68.0 Å². The highest BCUT2D eigenvalue weighted by molar-refractivity contribution is 5.62. The van der Waals surface area contributed by atoms with E-state index in [4.69, 9.17) is 29.8 Å². The van der Waals surface area contributed by atoms with Crippen molar-refractivity contribution >= 4 is 12.2 Å². The number of carboxylic acid groups (broad SMARTS) is 1. The molecule has 0 bridgehead atoms. The number of allylic oxidation sites excluding steroid dienone is 1. The van der Waals surface area contributed by atoms with Gasteiger partial charge in [0.15, 0.2) is 11.5 Å². The molecule has 9 heteroatoms. The number of pyridine rings is 1.